The van der Waals surface area contributed by atoms with Gasteiger partial charge < -0.3 is 19.3 Å². The Hall–Kier alpha value is -0.693. The first-order valence-electron chi connectivity index (χ1n) is 4.52. The normalized spacial score (nSPS) is 10.3. The van der Waals surface area contributed by atoms with Crippen molar-refractivity contribution in [3.05, 3.63) is 12.7 Å². The molecule has 0 amide bonds. The fourth-order valence-corrected chi connectivity index (χ4v) is 1.47. The topological polar surface area (TPSA) is 65.0 Å². The Labute approximate surface area is 93.4 Å². The second-order valence-corrected chi connectivity index (χ2v) is 3.59. The standard InChI is InChI=1S/C6H16O3Si.C3H4O2/c1-7-6(8-2,9-3)4-5-10;1-2-3(4)5/h4-5H2,1-3,10H3;2H,1H2,(H,4,5). The van der Waals surface area contributed by atoms with E-state index in [-0.39, 0.29) is 0 Å². The van der Waals surface area contributed by atoms with Crippen LogP contribution >= 0.6 is 0 Å². The van der Waals surface area contributed by atoms with Crippen LogP contribution in [0.1, 0.15) is 6.42 Å². The van der Waals surface area contributed by atoms with Gasteiger partial charge in [-0.3, -0.25) is 0 Å². The van der Waals surface area contributed by atoms with Crippen LogP contribution in [0.15, 0.2) is 12.7 Å². The van der Waals surface area contributed by atoms with E-state index in [0.29, 0.717) is 0 Å². The third-order valence-electron chi connectivity index (χ3n) is 1.66. The van der Waals surface area contributed by atoms with Crippen molar-refractivity contribution < 1.29 is 24.1 Å². The summed E-state index contributed by atoms with van der Waals surface area (Å²) in [5, 5.41) is 7.60. The van der Waals surface area contributed by atoms with Gasteiger partial charge in [0.2, 0.25) is 0 Å². The highest BCUT2D eigenvalue weighted by Gasteiger charge is 2.27. The fourth-order valence-electron chi connectivity index (χ4n) is 0.862. The van der Waals surface area contributed by atoms with Gasteiger partial charge in [-0.15, -0.1) is 0 Å². The number of carboxylic acid groups (broad SMARTS) is 1. The van der Waals surface area contributed by atoms with Crippen molar-refractivity contribution in [2.45, 2.75) is 18.4 Å². The first kappa shape index (κ1) is 16.7. The Kier molecular flexibility index (Phi) is 11.0. The van der Waals surface area contributed by atoms with Gasteiger partial charge in [0.1, 0.15) is 0 Å². The third-order valence-corrected chi connectivity index (χ3v) is 2.16. The van der Waals surface area contributed by atoms with Crippen molar-refractivity contribution in [2.24, 2.45) is 0 Å². The molecule has 0 saturated carbocycles. The van der Waals surface area contributed by atoms with E-state index in [1.807, 2.05) is 0 Å². The molecule has 0 rings (SSSR count). The number of methoxy groups -OCH3 is 3. The lowest BCUT2D eigenvalue weighted by atomic mass is 10.4. The van der Waals surface area contributed by atoms with E-state index in [0.717, 1.165) is 28.8 Å². The summed E-state index contributed by atoms with van der Waals surface area (Å²) in [6.07, 6.45) is 1.64. The zero-order valence-corrected chi connectivity index (χ0v) is 11.8. The molecule has 0 bridgehead atoms. The summed E-state index contributed by atoms with van der Waals surface area (Å²) in [6.45, 7) is 2.96. The second-order valence-electron chi connectivity index (χ2n) is 2.59. The van der Waals surface area contributed by atoms with Crippen LogP contribution < -0.4 is 0 Å². The molecule has 0 fully saturated rings. The number of ether oxygens (including phenoxy) is 3. The Morgan fingerprint density at radius 3 is 1.80 bits per heavy atom. The number of rotatable bonds is 6. The largest absolute Gasteiger partial charge is 0.478 e. The first-order valence-corrected chi connectivity index (χ1v) is 5.94. The molecule has 0 aliphatic heterocycles. The van der Waals surface area contributed by atoms with Crippen molar-refractivity contribution in [1.29, 1.82) is 0 Å². The Balaban J connectivity index is 0. The second kappa shape index (κ2) is 9.85. The highest BCUT2D eigenvalue weighted by Crippen LogP contribution is 2.17. The lowest BCUT2D eigenvalue weighted by molar-refractivity contribution is -0.352. The molecule has 15 heavy (non-hydrogen) atoms. The van der Waals surface area contributed by atoms with Crippen LogP contribution in [-0.4, -0.2) is 48.6 Å². The average molecular weight is 236 g/mol. The molecule has 0 spiro atoms. The molecule has 0 aliphatic carbocycles. The van der Waals surface area contributed by atoms with Gasteiger partial charge >= 0.3 is 5.97 Å². The molecule has 1 N–H and O–H groups in total. The molecule has 0 aromatic rings. The minimum atomic E-state index is -0.981. The summed E-state index contributed by atoms with van der Waals surface area (Å²) in [5.74, 6) is -1.77. The molecule has 0 aromatic carbocycles. The summed E-state index contributed by atoms with van der Waals surface area (Å²) in [7, 11) is 5.91. The minimum Gasteiger partial charge on any atom is -0.478 e. The van der Waals surface area contributed by atoms with Gasteiger partial charge in [0.15, 0.2) is 0 Å². The maximum Gasteiger partial charge on any atom is 0.327 e. The molecule has 0 aliphatic rings. The molecule has 0 saturated heterocycles. The van der Waals surface area contributed by atoms with Gasteiger partial charge in [-0.1, -0.05) is 12.6 Å². The van der Waals surface area contributed by atoms with Gasteiger partial charge in [-0.25, -0.2) is 4.79 Å². The highest BCUT2D eigenvalue weighted by atomic mass is 28.1. The van der Waals surface area contributed by atoms with Crippen molar-refractivity contribution in [3.63, 3.8) is 0 Å². The van der Waals surface area contributed by atoms with Gasteiger partial charge in [-0.2, -0.15) is 0 Å². The van der Waals surface area contributed by atoms with Gasteiger partial charge in [0, 0.05) is 44.1 Å². The van der Waals surface area contributed by atoms with E-state index in [1.165, 1.54) is 0 Å². The summed E-state index contributed by atoms with van der Waals surface area (Å²) in [4.78, 5) is 9.25. The van der Waals surface area contributed by atoms with Crippen LogP contribution in [0.2, 0.25) is 6.04 Å². The van der Waals surface area contributed by atoms with E-state index in [4.69, 9.17) is 19.3 Å². The predicted molar refractivity (Wildman–Crippen MR) is 61.0 cm³/mol. The Morgan fingerprint density at radius 2 is 1.73 bits per heavy atom. The molecule has 6 heteroatoms. The van der Waals surface area contributed by atoms with E-state index < -0.39 is 11.9 Å². The van der Waals surface area contributed by atoms with Crippen molar-refractivity contribution in [1.82, 2.24) is 0 Å². The molecule has 0 radical (unpaired) electrons. The maximum atomic E-state index is 9.25. The first-order chi connectivity index (χ1) is 7.01. The van der Waals surface area contributed by atoms with Crippen LogP contribution in [0, 0.1) is 0 Å². The van der Waals surface area contributed by atoms with Crippen molar-refractivity contribution in [3.8, 4) is 0 Å². The zero-order chi connectivity index (χ0) is 12.3. The number of aliphatic carboxylic acids is 1. The third kappa shape index (κ3) is 8.31. The van der Waals surface area contributed by atoms with Gasteiger partial charge in [0.05, 0.1) is 0 Å². The van der Waals surface area contributed by atoms with Crippen LogP contribution in [0.25, 0.3) is 0 Å². The van der Waals surface area contributed by atoms with E-state index in [1.54, 1.807) is 21.3 Å². The van der Waals surface area contributed by atoms with Crippen molar-refractivity contribution >= 4 is 16.2 Å². The molecule has 5 nitrogen and oxygen atoms in total. The molecule has 0 aromatic heterocycles. The quantitative estimate of drug-likeness (QED) is 0.400. The predicted octanol–water partition coefficient (Wildman–Crippen LogP) is 0.0102. The number of hydrogen-bond acceptors (Lipinski definition) is 4. The number of carbonyl (C=O) groups is 1. The van der Waals surface area contributed by atoms with Crippen LogP contribution in [0.3, 0.4) is 0 Å². The summed E-state index contributed by atoms with van der Waals surface area (Å²) in [6, 6.07) is 1.11. The maximum absolute atomic E-state index is 9.25. The highest BCUT2D eigenvalue weighted by molar-refractivity contribution is 6.08. The fraction of sp³-hybridized carbons (Fsp3) is 0.667. The molecule has 90 valence electrons. The number of carboxylic acids is 1. The van der Waals surface area contributed by atoms with Crippen LogP contribution in [0.4, 0.5) is 0 Å². The molecular weight excluding hydrogens is 216 g/mol. The van der Waals surface area contributed by atoms with E-state index in [2.05, 4.69) is 6.58 Å². The average Bonchev–Trinajstić information content (AvgIpc) is 2.27. The molecule has 0 heterocycles. The monoisotopic (exact) mass is 236 g/mol. The summed E-state index contributed by atoms with van der Waals surface area (Å²) >= 11 is 0. The summed E-state index contributed by atoms with van der Waals surface area (Å²) < 4.78 is 15.2. The van der Waals surface area contributed by atoms with E-state index >= 15 is 0 Å². The minimum absolute atomic E-state index is 0.790. The summed E-state index contributed by atoms with van der Waals surface area (Å²) in [5.41, 5.74) is 0. The van der Waals surface area contributed by atoms with Crippen LogP contribution in [-0.2, 0) is 19.0 Å². The lowest BCUT2D eigenvalue weighted by Crippen LogP contribution is -2.35. The Morgan fingerprint density at radius 1 is 1.40 bits per heavy atom. The van der Waals surface area contributed by atoms with Gasteiger partial charge in [-0.05, 0) is 0 Å². The molecular formula is C9H20O5Si. The molecule has 0 atom stereocenters. The SMILES string of the molecule is C=CC(=O)O.COC(CC[SiH3])(OC)OC. The number of hydrogen-bond donors (Lipinski definition) is 1. The zero-order valence-electron chi connectivity index (χ0n) is 9.78. The van der Waals surface area contributed by atoms with Gasteiger partial charge in [0.25, 0.3) is 5.97 Å². The molecule has 0 unspecified atom stereocenters. The van der Waals surface area contributed by atoms with Crippen LogP contribution in [0.5, 0.6) is 0 Å². The Bertz CT molecular complexity index is 171. The lowest BCUT2D eigenvalue weighted by Gasteiger charge is -2.27. The van der Waals surface area contributed by atoms with Crippen molar-refractivity contribution in [2.75, 3.05) is 21.3 Å². The van der Waals surface area contributed by atoms with E-state index in [9.17, 15) is 4.79 Å². The smallest absolute Gasteiger partial charge is 0.327 e.